The van der Waals surface area contributed by atoms with Crippen LogP contribution in [0, 0.1) is 12.7 Å². The number of ether oxygens (including phenoxy) is 1. The van der Waals surface area contributed by atoms with Crippen molar-refractivity contribution < 1.29 is 22.3 Å². The highest BCUT2D eigenvalue weighted by molar-refractivity contribution is 7.89. The Bertz CT molecular complexity index is 975. The molecule has 9 heteroatoms. The lowest BCUT2D eigenvalue weighted by atomic mass is 10.0. The molecule has 1 fully saturated rings. The summed E-state index contributed by atoms with van der Waals surface area (Å²) in [6.45, 7) is 4.42. The van der Waals surface area contributed by atoms with Gasteiger partial charge in [-0.1, -0.05) is 29.8 Å². The zero-order valence-electron chi connectivity index (χ0n) is 17.8. The van der Waals surface area contributed by atoms with E-state index in [1.165, 1.54) is 31.3 Å². The Hall–Kier alpha value is -2.33. The van der Waals surface area contributed by atoms with Crippen molar-refractivity contribution in [3.63, 3.8) is 0 Å². The minimum absolute atomic E-state index is 0.144. The number of likely N-dealkylation sites (N-methyl/N-ethyl adjacent to an activating group) is 1. The molecule has 1 amide bonds. The molecule has 168 valence electrons. The van der Waals surface area contributed by atoms with Crippen LogP contribution in [0.25, 0.3) is 0 Å². The van der Waals surface area contributed by atoms with E-state index in [-0.39, 0.29) is 29.8 Å². The van der Waals surface area contributed by atoms with Crippen molar-refractivity contribution in [1.82, 2.24) is 14.5 Å². The smallest absolute Gasteiger partial charge is 0.243 e. The molecule has 0 aromatic heterocycles. The fraction of sp³-hybridized carbons (Fsp3) is 0.409. The molecule has 1 heterocycles. The molecule has 1 saturated heterocycles. The number of benzene rings is 2. The summed E-state index contributed by atoms with van der Waals surface area (Å²) in [7, 11) is -2.38. The summed E-state index contributed by atoms with van der Waals surface area (Å²) < 4.78 is 45.2. The molecule has 0 aliphatic carbocycles. The van der Waals surface area contributed by atoms with Gasteiger partial charge in [0.25, 0.3) is 0 Å². The molecule has 0 radical (unpaired) electrons. The maximum atomic E-state index is 13.4. The van der Waals surface area contributed by atoms with Gasteiger partial charge in [0, 0.05) is 26.7 Å². The molecule has 2 aromatic carbocycles. The Morgan fingerprint density at radius 3 is 2.35 bits per heavy atom. The second-order valence-electron chi connectivity index (χ2n) is 7.59. The lowest BCUT2D eigenvalue weighted by Gasteiger charge is -2.35. The van der Waals surface area contributed by atoms with Crippen LogP contribution < -0.4 is 5.32 Å². The van der Waals surface area contributed by atoms with E-state index in [0.29, 0.717) is 26.3 Å². The summed E-state index contributed by atoms with van der Waals surface area (Å²) in [6, 6.07) is 12.5. The van der Waals surface area contributed by atoms with Gasteiger partial charge in [0.2, 0.25) is 15.9 Å². The Balaban J connectivity index is 1.64. The predicted octanol–water partition coefficient (Wildman–Crippen LogP) is 1.94. The summed E-state index contributed by atoms with van der Waals surface area (Å²) in [5.41, 5.74) is 1.83. The highest BCUT2D eigenvalue weighted by Crippen LogP contribution is 2.22. The molecular formula is C22H28FN3O4S. The largest absolute Gasteiger partial charge is 0.379 e. The number of halogens is 1. The summed E-state index contributed by atoms with van der Waals surface area (Å²) >= 11 is 0. The zero-order valence-corrected chi connectivity index (χ0v) is 18.6. The molecule has 1 N–H and O–H groups in total. The van der Waals surface area contributed by atoms with Crippen molar-refractivity contribution in [3.8, 4) is 0 Å². The van der Waals surface area contributed by atoms with E-state index in [0.717, 1.165) is 15.4 Å². The number of nitrogens with zero attached hydrogens (tertiary/aromatic N) is 2. The fourth-order valence-corrected chi connectivity index (χ4v) is 4.60. The van der Waals surface area contributed by atoms with Gasteiger partial charge in [-0.3, -0.25) is 9.69 Å². The zero-order chi connectivity index (χ0) is 22.4. The highest BCUT2D eigenvalue weighted by Gasteiger charge is 2.26. The molecule has 31 heavy (non-hydrogen) atoms. The van der Waals surface area contributed by atoms with E-state index >= 15 is 0 Å². The van der Waals surface area contributed by atoms with Crippen molar-refractivity contribution in [1.29, 1.82) is 0 Å². The Kier molecular flexibility index (Phi) is 7.77. The molecule has 1 aliphatic heterocycles. The van der Waals surface area contributed by atoms with Crippen LogP contribution in [0.2, 0.25) is 0 Å². The average molecular weight is 450 g/mol. The number of hydrogen-bond acceptors (Lipinski definition) is 5. The van der Waals surface area contributed by atoms with Crippen molar-refractivity contribution >= 4 is 15.9 Å². The summed E-state index contributed by atoms with van der Waals surface area (Å²) in [6.07, 6.45) is 0. The number of carbonyl (C=O) groups excluding carboxylic acids is 1. The number of nitrogens with one attached hydrogen (secondary N) is 1. The van der Waals surface area contributed by atoms with Crippen molar-refractivity contribution in [3.05, 3.63) is 65.5 Å². The van der Waals surface area contributed by atoms with Crippen LogP contribution in [-0.2, 0) is 19.6 Å². The third-order valence-corrected chi connectivity index (χ3v) is 7.15. The maximum Gasteiger partial charge on any atom is 0.243 e. The predicted molar refractivity (Wildman–Crippen MR) is 116 cm³/mol. The maximum absolute atomic E-state index is 13.4. The lowest BCUT2D eigenvalue weighted by molar-refractivity contribution is -0.121. The van der Waals surface area contributed by atoms with Gasteiger partial charge in [0.15, 0.2) is 0 Å². The van der Waals surface area contributed by atoms with Gasteiger partial charge < -0.3 is 10.1 Å². The topological polar surface area (TPSA) is 79.0 Å². The number of hydrogen-bond donors (Lipinski definition) is 1. The van der Waals surface area contributed by atoms with Gasteiger partial charge in [0.1, 0.15) is 5.82 Å². The Morgan fingerprint density at radius 2 is 1.74 bits per heavy atom. The first-order valence-corrected chi connectivity index (χ1v) is 11.6. The molecule has 3 rings (SSSR count). The van der Waals surface area contributed by atoms with E-state index < -0.39 is 15.9 Å². The second-order valence-corrected chi connectivity index (χ2v) is 9.64. The van der Waals surface area contributed by atoms with E-state index in [1.807, 2.05) is 6.92 Å². The standard InChI is InChI=1S/C22H28FN3O4S/c1-17-3-9-20(10-4-17)31(28,29)25(2)16-22(27)24-15-21(26-11-13-30-14-12-26)18-5-7-19(23)8-6-18/h3-10,21H,11-16H2,1-2H3,(H,24,27)/t21-/m1/s1. The molecule has 2 aromatic rings. The third kappa shape index (κ3) is 6.10. The first kappa shape index (κ1) is 23.3. The van der Waals surface area contributed by atoms with Crippen molar-refractivity contribution in [2.45, 2.75) is 17.9 Å². The quantitative estimate of drug-likeness (QED) is 0.667. The van der Waals surface area contributed by atoms with Crippen molar-refractivity contribution in [2.24, 2.45) is 0 Å². The van der Waals surface area contributed by atoms with Crippen LogP contribution in [0.15, 0.2) is 53.4 Å². The van der Waals surface area contributed by atoms with Gasteiger partial charge in [-0.05, 0) is 36.8 Å². The van der Waals surface area contributed by atoms with Crippen LogP contribution in [0.5, 0.6) is 0 Å². The van der Waals surface area contributed by atoms with E-state index in [2.05, 4.69) is 10.2 Å². The van der Waals surface area contributed by atoms with Crippen LogP contribution in [0.3, 0.4) is 0 Å². The first-order valence-electron chi connectivity index (χ1n) is 10.1. The van der Waals surface area contributed by atoms with E-state index in [1.54, 1.807) is 24.3 Å². The molecule has 0 spiro atoms. The van der Waals surface area contributed by atoms with Crippen molar-refractivity contribution in [2.75, 3.05) is 46.4 Å². The molecule has 0 saturated carbocycles. The second kappa shape index (κ2) is 10.3. The summed E-state index contributed by atoms with van der Waals surface area (Å²) in [5.74, 6) is -0.727. The lowest BCUT2D eigenvalue weighted by Crippen LogP contribution is -2.45. The molecule has 7 nitrogen and oxygen atoms in total. The van der Waals surface area contributed by atoms with E-state index in [9.17, 15) is 17.6 Å². The third-order valence-electron chi connectivity index (χ3n) is 5.33. The minimum atomic E-state index is -3.76. The van der Waals surface area contributed by atoms with Gasteiger partial charge in [-0.2, -0.15) is 4.31 Å². The highest BCUT2D eigenvalue weighted by atomic mass is 32.2. The van der Waals surface area contributed by atoms with Gasteiger partial charge in [-0.25, -0.2) is 12.8 Å². The average Bonchev–Trinajstić information content (AvgIpc) is 2.76. The number of carbonyl (C=O) groups is 1. The first-order chi connectivity index (χ1) is 14.8. The number of rotatable bonds is 8. The normalized spacial score (nSPS) is 16.3. The molecule has 1 aliphatic rings. The van der Waals surface area contributed by atoms with Crippen LogP contribution in [0.1, 0.15) is 17.2 Å². The van der Waals surface area contributed by atoms with Gasteiger partial charge in [0.05, 0.1) is 30.7 Å². The van der Waals surface area contributed by atoms with Crippen LogP contribution in [0.4, 0.5) is 4.39 Å². The number of morpholine rings is 1. The summed E-state index contributed by atoms with van der Waals surface area (Å²) in [4.78, 5) is 14.9. The van der Waals surface area contributed by atoms with Crippen LogP contribution in [-0.4, -0.2) is 70.0 Å². The molecule has 0 unspecified atom stereocenters. The fourth-order valence-electron chi connectivity index (χ4n) is 3.48. The minimum Gasteiger partial charge on any atom is -0.379 e. The monoisotopic (exact) mass is 449 g/mol. The van der Waals surface area contributed by atoms with Gasteiger partial charge >= 0.3 is 0 Å². The Morgan fingerprint density at radius 1 is 1.13 bits per heavy atom. The molecular weight excluding hydrogens is 421 g/mol. The summed E-state index contributed by atoms with van der Waals surface area (Å²) in [5, 5.41) is 2.84. The Labute approximate surface area is 182 Å². The number of amides is 1. The number of aryl methyl sites for hydroxylation is 1. The molecule has 0 bridgehead atoms. The van der Waals surface area contributed by atoms with E-state index in [4.69, 9.17) is 4.74 Å². The molecule has 1 atom stereocenters. The number of sulfonamides is 1. The van der Waals surface area contributed by atoms with Gasteiger partial charge in [-0.15, -0.1) is 0 Å². The van der Waals surface area contributed by atoms with Crippen LogP contribution >= 0.6 is 0 Å². The SMILES string of the molecule is Cc1ccc(S(=O)(=O)N(C)CC(=O)NC[C@H](c2ccc(F)cc2)N2CCOCC2)cc1.